The minimum Gasteiger partial charge on any atom is -0.389 e. The highest BCUT2D eigenvalue weighted by molar-refractivity contribution is 5.96. The second-order valence-electron chi connectivity index (χ2n) is 6.34. The van der Waals surface area contributed by atoms with Gasteiger partial charge in [-0.3, -0.25) is 4.79 Å². The van der Waals surface area contributed by atoms with Gasteiger partial charge in [0.15, 0.2) is 5.78 Å². The maximum Gasteiger partial charge on any atom is 0.161 e. The molecule has 0 spiro atoms. The van der Waals surface area contributed by atoms with Crippen LogP contribution in [0, 0.1) is 23.7 Å². The smallest absolute Gasteiger partial charge is 0.161 e. The zero-order chi connectivity index (χ0) is 12.8. The normalized spacial score (nSPS) is 42.4. The van der Waals surface area contributed by atoms with Crippen LogP contribution in [0.4, 0.5) is 0 Å². The van der Waals surface area contributed by atoms with Crippen molar-refractivity contribution in [2.45, 2.75) is 52.6 Å². The Balaban J connectivity index is 2.40. The van der Waals surface area contributed by atoms with Crippen molar-refractivity contribution in [1.29, 1.82) is 0 Å². The first kappa shape index (κ1) is 12.8. The van der Waals surface area contributed by atoms with E-state index in [4.69, 9.17) is 0 Å². The first-order valence-corrected chi connectivity index (χ1v) is 6.58. The number of carbonyl (C=O) groups excluding carboxylic acids is 1. The highest BCUT2D eigenvalue weighted by Crippen LogP contribution is 2.55. The summed E-state index contributed by atoms with van der Waals surface area (Å²) < 4.78 is 0. The van der Waals surface area contributed by atoms with Gasteiger partial charge < -0.3 is 5.11 Å². The molecule has 17 heavy (non-hydrogen) atoms. The van der Waals surface area contributed by atoms with Gasteiger partial charge >= 0.3 is 0 Å². The molecular formula is C15H23O2. The van der Waals surface area contributed by atoms with Crippen molar-refractivity contribution in [2.24, 2.45) is 17.3 Å². The maximum atomic E-state index is 12.3. The van der Waals surface area contributed by atoms with Crippen molar-refractivity contribution in [1.82, 2.24) is 0 Å². The Morgan fingerprint density at radius 2 is 2.06 bits per heavy atom. The summed E-state index contributed by atoms with van der Waals surface area (Å²) in [7, 11) is 0. The summed E-state index contributed by atoms with van der Waals surface area (Å²) in [6, 6.07) is 0. The van der Waals surface area contributed by atoms with Crippen LogP contribution in [0.3, 0.4) is 0 Å². The molecule has 2 aliphatic rings. The van der Waals surface area contributed by atoms with Gasteiger partial charge in [-0.1, -0.05) is 26.3 Å². The van der Waals surface area contributed by atoms with Crippen LogP contribution >= 0.6 is 0 Å². The number of fused-ring (bicyclic) bond motifs is 1. The molecule has 2 rings (SSSR count). The van der Waals surface area contributed by atoms with E-state index in [-0.39, 0.29) is 17.6 Å². The van der Waals surface area contributed by atoms with Crippen LogP contribution in [0.2, 0.25) is 0 Å². The Morgan fingerprint density at radius 1 is 1.41 bits per heavy atom. The fourth-order valence-electron chi connectivity index (χ4n) is 3.46. The third-order valence-electron chi connectivity index (χ3n) is 4.89. The molecule has 0 aromatic rings. The van der Waals surface area contributed by atoms with Crippen molar-refractivity contribution >= 4 is 5.78 Å². The summed E-state index contributed by atoms with van der Waals surface area (Å²) in [5, 5.41) is 10.9. The van der Waals surface area contributed by atoms with Gasteiger partial charge in [-0.15, -0.1) is 0 Å². The summed E-state index contributed by atoms with van der Waals surface area (Å²) in [4.78, 5) is 12.3. The third-order valence-corrected chi connectivity index (χ3v) is 4.89. The standard InChI is InChI=1S/C15H23O2/c1-10(2)15(17)8-7-14(4)12(15)6-5-11(3)9-13(14)16/h6,9-10,12,17H,5,7-8H2,1-4H3/t12-,14-,15+/m1/s1. The monoisotopic (exact) mass is 235 g/mol. The van der Waals surface area contributed by atoms with Gasteiger partial charge in [0, 0.05) is 11.3 Å². The van der Waals surface area contributed by atoms with Crippen molar-refractivity contribution in [3.63, 3.8) is 0 Å². The molecule has 0 bridgehead atoms. The topological polar surface area (TPSA) is 37.3 Å². The quantitative estimate of drug-likeness (QED) is 0.758. The molecule has 1 N–H and O–H groups in total. The second-order valence-corrected chi connectivity index (χ2v) is 6.34. The molecule has 0 saturated heterocycles. The number of hydrogen-bond acceptors (Lipinski definition) is 2. The van der Waals surface area contributed by atoms with Gasteiger partial charge in [-0.05, 0) is 44.6 Å². The van der Waals surface area contributed by atoms with Crippen molar-refractivity contribution < 1.29 is 9.90 Å². The molecule has 2 nitrogen and oxygen atoms in total. The van der Waals surface area contributed by atoms with Crippen molar-refractivity contribution in [3.8, 4) is 0 Å². The Hall–Kier alpha value is -0.630. The fourth-order valence-corrected chi connectivity index (χ4v) is 3.46. The van der Waals surface area contributed by atoms with E-state index < -0.39 is 11.0 Å². The van der Waals surface area contributed by atoms with E-state index in [0.29, 0.717) is 0 Å². The molecule has 0 aromatic heterocycles. The van der Waals surface area contributed by atoms with Gasteiger partial charge in [-0.25, -0.2) is 0 Å². The van der Waals surface area contributed by atoms with E-state index in [1.165, 1.54) is 0 Å². The van der Waals surface area contributed by atoms with Crippen LogP contribution in [0.5, 0.6) is 0 Å². The molecule has 0 aliphatic heterocycles. The molecular weight excluding hydrogens is 212 g/mol. The zero-order valence-corrected chi connectivity index (χ0v) is 11.3. The summed E-state index contributed by atoms with van der Waals surface area (Å²) >= 11 is 0. The van der Waals surface area contributed by atoms with E-state index >= 15 is 0 Å². The van der Waals surface area contributed by atoms with E-state index in [0.717, 1.165) is 24.8 Å². The third kappa shape index (κ3) is 1.77. The van der Waals surface area contributed by atoms with Gasteiger partial charge in [0.25, 0.3) is 0 Å². The molecule has 1 fully saturated rings. The average molecular weight is 235 g/mol. The molecule has 0 unspecified atom stereocenters. The number of rotatable bonds is 1. The summed E-state index contributed by atoms with van der Waals surface area (Å²) in [5.74, 6) is 0.387. The fraction of sp³-hybridized carbons (Fsp3) is 0.733. The SMILES string of the molecule is CC1=CC(=O)[C@]2(C)CC[C@](O)(C(C)C)[C@@H]2[CH]C1. The molecule has 1 saturated carbocycles. The molecule has 2 aliphatic carbocycles. The van der Waals surface area contributed by atoms with Crippen LogP contribution < -0.4 is 0 Å². The predicted octanol–water partition coefficient (Wildman–Crippen LogP) is 2.91. The van der Waals surface area contributed by atoms with Crippen LogP contribution in [0.25, 0.3) is 0 Å². The number of carbonyl (C=O) groups is 1. The lowest BCUT2D eigenvalue weighted by Crippen LogP contribution is -2.45. The number of ketones is 1. The Bertz CT molecular complexity index is 369. The summed E-state index contributed by atoms with van der Waals surface area (Å²) in [6.07, 6.45) is 6.31. The van der Waals surface area contributed by atoms with Gasteiger partial charge in [0.2, 0.25) is 0 Å². The molecule has 0 heterocycles. The zero-order valence-electron chi connectivity index (χ0n) is 11.3. The van der Waals surface area contributed by atoms with Crippen LogP contribution in [-0.4, -0.2) is 16.5 Å². The summed E-state index contributed by atoms with van der Waals surface area (Å²) in [6.45, 7) is 8.11. The Labute approximate surface area is 104 Å². The first-order chi connectivity index (χ1) is 7.80. The molecule has 95 valence electrons. The highest BCUT2D eigenvalue weighted by atomic mass is 16.3. The maximum absolute atomic E-state index is 12.3. The largest absolute Gasteiger partial charge is 0.389 e. The number of aliphatic hydroxyl groups is 1. The molecule has 0 aromatic carbocycles. The molecule has 3 atom stereocenters. The number of allylic oxidation sites excluding steroid dienone is 2. The molecule has 0 amide bonds. The average Bonchev–Trinajstić information content (AvgIpc) is 2.45. The second kappa shape index (κ2) is 3.94. The van der Waals surface area contributed by atoms with Gasteiger partial charge in [0.1, 0.15) is 0 Å². The lowest BCUT2D eigenvalue weighted by molar-refractivity contribution is -0.127. The lowest BCUT2D eigenvalue weighted by atomic mass is 9.68. The van der Waals surface area contributed by atoms with E-state index in [1.807, 2.05) is 13.8 Å². The Kier molecular flexibility index (Phi) is 2.97. The van der Waals surface area contributed by atoms with Crippen LogP contribution in [0.15, 0.2) is 11.6 Å². The van der Waals surface area contributed by atoms with Crippen molar-refractivity contribution in [3.05, 3.63) is 18.1 Å². The van der Waals surface area contributed by atoms with E-state index in [2.05, 4.69) is 20.3 Å². The van der Waals surface area contributed by atoms with E-state index in [9.17, 15) is 9.90 Å². The van der Waals surface area contributed by atoms with Crippen LogP contribution in [-0.2, 0) is 4.79 Å². The Morgan fingerprint density at radius 3 is 2.65 bits per heavy atom. The molecule has 1 radical (unpaired) electrons. The minimum atomic E-state index is -0.705. The highest BCUT2D eigenvalue weighted by Gasteiger charge is 2.57. The summed E-state index contributed by atoms with van der Waals surface area (Å²) in [5.41, 5.74) is 0.0105. The van der Waals surface area contributed by atoms with Gasteiger partial charge in [-0.2, -0.15) is 0 Å². The van der Waals surface area contributed by atoms with Gasteiger partial charge in [0.05, 0.1) is 5.60 Å². The van der Waals surface area contributed by atoms with E-state index in [1.54, 1.807) is 6.08 Å². The number of hydrogen-bond donors (Lipinski definition) is 1. The molecule has 2 heteroatoms. The first-order valence-electron chi connectivity index (χ1n) is 6.58. The predicted molar refractivity (Wildman–Crippen MR) is 68.3 cm³/mol. The van der Waals surface area contributed by atoms with Crippen molar-refractivity contribution in [2.75, 3.05) is 0 Å². The van der Waals surface area contributed by atoms with Crippen LogP contribution in [0.1, 0.15) is 47.0 Å². The lowest BCUT2D eigenvalue weighted by Gasteiger charge is -2.39. The minimum absolute atomic E-state index is 0.00352.